The predicted molar refractivity (Wildman–Crippen MR) is 118 cm³/mol. The maximum Gasteiger partial charge on any atom is 0.264 e. The van der Waals surface area contributed by atoms with E-state index in [0.29, 0.717) is 12.1 Å². The van der Waals surface area contributed by atoms with Gasteiger partial charge in [-0.15, -0.1) is 0 Å². The lowest BCUT2D eigenvalue weighted by Gasteiger charge is -2.15. The summed E-state index contributed by atoms with van der Waals surface area (Å²) >= 11 is 0. The number of carbonyl (C=O) groups is 1. The molecule has 1 aliphatic rings. The number of para-hydroxylation sites is 1. The molecule has 0 bridgehead atoms. The van der Waals surface area contributed by atoms with Crippen LogP contribution in [0.1, 0.15) is 37.4 Å². The predicted octanol–water partition coefficient (Wildman–Crippen LogP) is 1.72. The minimum absolute atomic E-state index is 0.00640. The summed E-state index contributed by atoms with van der Waals surface area (Å²) in [5.41, 5.74) is 2.85. The van der Waals surface area contributed by atoms with Crippen LogP contribution in [0.3, 0.4) is 0 Å². The molecule has 1 fully saturated rings. The van der Waals surface area contributed by atoms with Crippen molar-refractivity contribution in [2.24, 2.45) is 0 Å². The van der Waals surface area contributed by atoms with Gasteiger partial charge in [0.05, 0.1) is 23.7 Å². The Morgan fingerprint density at radius 2 is 1.94 bits per heavy atom. The summed E-state index contributed by atoms with van der Waals surface area (Å²) in [4.78, 5) is 29.9. The van der Waals surface area contributed by atoms with Crippen molar-refractivity contribution in [3.05, 3.63) is 52.2 Å². The lowest BCUT2D eigenvalue weighted by atomic mass is 10.0. The highest BCUT2D eigenvalue weighted by atomic mass is 32.2. The maximum absolute atomic E-state index is 12.9. The number of aromatic nitrogens is 4. The highest BCUT2D eigenvalue weighted by Crippen LogP contribution is 2.25. The molecule has 3 aromatic rings. The normalized spacial score (nSPS) is 17.8. The summed E-state index contributed by atoms with van der Waals surface area (Å²) in [6.45, 7) is 3.88. The molecule has 1 aromatic carbocycles. The summed E-state index contributed by atoms with van der Waals surface area (Å²) in [6.07, 6.45) is 4.73. The van der Waals surface area contributed by atoms with E-state index in [9.17, 15) is 18.0 Å². The fourth-order valence-corrected chi connectivity index (χ4v) is 5.74. The number of anilines is 1. The van der Waals surface area contributed by atoms with Gasteiger partial charge in [0.1, 0.15) is 18.3 Å². The minimum atomic E-state index is -3.09. The van der Waals surface area contributed by atoms with Gasteiger partial charge in [-0.2, -0.15) is 5.10 Å². The second kappa shape index (κ2) is 8.26. The van der Waals surface area contributed by atoms with E-state index in [1.807, 2.05) is 32.0 Å². The molecule has 1 saturated heterocycles. The average Bonchev–Trinajstić information content (AvgIpc) is 3.33. The first-order chi connectivity index (χ1) is 14.8. The van der Waals surface area contributed by atoms with E-state index < -0.39 is 9.84 Å². The Kier molecular flexibility index (Phi) is 5.65. The van der Waals surface area contributed by atoms with Crippen molar-refractivity contribution in [2.45, 2.75) is 45.7 Å². The van der Waals surface area contributed by atoms with E-state index >= 15 is 0 Å². The summed E-state index contributed by atoms with van der Waals surface area (Å²) in [5, 5.41) is 7.43. The Bertz CT molecular complexity index is 1290. The first-order valence-electron chi connectivity index (χ1n) is 10.4. The van der Waals surface area contributed by atoms with Crippen molar-refractivity contribution >= 4 is 32.5 Å². The fraction of sp³-hybridized carbons (Fsp3) is 0.429. The minimum Gasteiger partial charge on any atom is -0.324 e. The molecule has 1 aliphatic heterocycles. The zero-order chi connectivity index (χ0) is 22.2. The topological polar surface area (TPSA) is 116 Å². The molecule has 9 nitrogen and oxygen atoms in total. The molecule has 3 heterocycles. The molecule has 1 amide bonds. The van der Waals surface area contributed by atoms with Crippen LogP contribution in [0.5, 0.6) is 0 Å². The fourth-order valence-electron chi connectivity index (χ4n) is 4.05. The van der Waals surface area contributed by atoms with Gasteiger partial charge in [0.25, 0.3) is 5.56 Å². The van der Waals surface area contributed by atoms with Crippen LogP contribution >= 0.6 is 0 Å². The molecular formula is C21H25N5O4S. The molecule has 164 valence electrons. The van der Waals surface area contributed by atoms with Crippen molar-refractivity contribution in [3.63, 3.8) is 0 Å². The summed E-state index contributed by atoms with van der Waals surface area (Å²) in [7, 11) is -3.09. The molecule has 0 aliphatic carbocycles. The Morgan fingerprint density at radius 1 is 1.23 bits per heavy atom. The lowest BCUT2D eigenvalue weighted by molar-refractivity contribution is -0.116. The van der Waals surface area contributed by atoms with E-state index in [1.54, 1.807) is 0 Å². The maximum atomic E-state index is 12.9. The van der Waals surface area contributed by atoms with E-state index in [4.69, 9.17) is 0 Å². The van der Waals surface area contributed by atoms with Crippen LogP contribution in [0, 0.1) is 0 Å². The van der Waals surface area contributed by atoms with Gasteiger partial charge in [0, 0.05) is 5.69 Å². The van der Waals surface area contributed by atoms with Gasteiger partial charge in [-0.3, -0.25) is 14.2 Å². The first-order valence-corrected chi connectivity index (χ1v) is 12.2. The number of rotatable bonds is 6. The highest BCUT2D eigenvalue weighted by Gasteiger charge is 2.31. The molecule has 31 heavy (non-hydrogen) atoms. The van der Waals surface area contributed by atoms with Gasteiger partial charge in [0.2, 0.25) is 5.91 Å². The van der Waals surface area contributed by atoms with Crippen LogP contribution < -0.4 is 10.9 Å². The third kappa shape index (κ3) is 4.12. The standard InChI is InChI=1S/C21H25N5O4S/c1-3-14-6-5-7-15(4-2)19(14)24-18(27)11-25-13-22-20-17(21(25)28)10-23-26(20)16-8-9-31(29,30)12-16/h5-7,10,13,16H,3-4,8-9,11-12H2,1-2H3,(H,24,27). The number of aryl methyl sites for hydroxylation is 2. The largest absolute Gasteiger partial charge is 0.324 e. The molecule has 4 rings (SSSR count). The van der Waals surface area contributed by atoms with Gasteiger partial charge in [-0.25, -0.2) is 18.1 Å². The number of nitrogens with one attached hydrogen (secondary N) is 1. The molecular weight excluding hydrogens is 418 g/mol. The number of nitrogens with zero attached hydrogens (tertiary/aromatic N) is 4. The van der Waals surface area contributed by atoms with E-state index in [1.165, 1.54) is 21.8 Å². The quantitative estimate of drug-likeness (QED) is 0.620. The van der Waals surface area contributed by atoms with Crippen LogP contribution in [0.4, 0.5) is 5.69 Å². The monoisotopic (exact) mass is 443 g/mol. The van der Waals surface area contributed by atoms with Gasteiger partial charge in [-0.05, 0) is 30.4 Å². The molecule has 10 heteroatoms. The van der Waals surface area contributed by atoms with Crippen molar-refractivity contribution in [3.8, 4) is 0 Å². The average molecular weight is 444 g/mol. The number of hydrogen-bond acceptors (Lipinski definition) is 6. The zero-order valence-corrected chi connectivity index (χ0v) is 18.4. The first kappa shape index (κ1) is 21.2. The van der Waals surface area contributed by atoms with Crippen molar-refractivity contribution in [1.29, 1.82) is 0 Å². The molecule has 0 radical (unpaired) electrons. The van der Waals surface area contributed by atoms with Crippen LogP contribution in [0.25, 0.3) is 11.0 Å². The molecule has 0 spiro atoms. The number of fused-ring (bicyclic) bond motifs is 1. The summed E-state index contributed by atoms with van der Waals surface area (Å²) < 4.78 is 26.3. The highest BCUT2D eigenvalue weighted by molar-refractivity contribution is 7.91. The molecule has 0 saturated carbocycles. The number of amides is 1. The van der Waals surface area contributed by atoms with Gasteiger partial charge < -0.3 is 5.32 Å². The second-order valence-corrected chi connectivity index (χ2v) is 10.00. The molecule has 1 unspecified atom stereocenters. The Morgan fingerprint density at radius 3 is 2.55 bits per heavy atom. The third-order valence-electron chi connectivity index (χ3n) is 5.71. The summed E-state index contributed by atoms with van der Waals surface area (Å²) in [5.74, 6) is -0.212. The zero-order valence-electron chi connectivity index (χ0n) is 17.5. The third-order valence-corrected chi connectivity index (χ3v) is 7.46. The van der Waals surface area contributed by atoms with Crippen LogP contribution in [-0.2, 0) is 34.0 Å². The second-order valence-electron chi connectivity index (χ2n) is 7.77. The van der Waals surface area contributed by atoms with Crippen molar-refractivity contribution in [2.75, 3.05) is 16.8 Å². The SMILES string of the molecule is CCc1cccc(CC)c1NC(=O)Cn1cnc2c(cnn2C2CCS(=O)(=O)C2)c1=O. The van der Waals surface area contributed by atoms with E-state index in [0.717, 1.165) is 29.7 Å². The smallest absolute Gasteiger partial charge is 0.264 e. The molecule has 1 N–H and O–H groups in total. The van der Waals surface area contributed by atoms with Crippen molar-refractivity contribution in [1.82, 2.24) is 19.3 Å². The van der Waals surface area contributed by atoms with Crippen LogP contribution in [0.15, 0.2) is 35.5 Å². The lowest BCUT2D eigenvalue weighted by Crippen LogP contribution is -2.28. The number of sulfone groups is 1. The Labute approximate surface area is 180 Å². The van der Waals surface area contributed by atoms with Crippen LogP contribution in [0.2, 0.25) is 0 Å². The Balaban J connectivity index is 1.58. The van der Waals surface area contributed by atoms with Gasteiger partial charge >= 0.3 is 0 Å². The van der Waals surface area contributed by atoms with E-state index in [-0.39, 0.29) is 40.9 Å². The molecule has 1 atom stereocenters. The number of hydrogen-bond donors (Lipinski definition) is 1. The van der Waals surface area contributed by atoms with Crippen LogP contribution in [-0.4, -0.2) is 45.2 Å². The Hall–Kier alpha value is -3.01. The van der Waals surface area contributed by atoms with Gasteiger partial charge in [-0.1, -0.05) is 32.0 Å². The number of benzene rings is 1. The van der Waals surface area contributed by atoms with Crippen molar-refractivity contribution < 1.29 is 13.2 Å². The summed E-state index contributed by atoms with van der Waals surface area (Å²) in [6, 6.07) is 5.60. The van der Waals surface area contributed by atoms with Gasteiger partial charge in [0.15, 0.2) is 15.5 Å². The van der Waals surface area contributed by atoms with E-state index in [2.05, 4.69) is 15.4 Å². The molecule has 2 aromatic heterocycles. The number of carbonyl (C=O) groups excluding carboxylic acids is 1.